The van der Waals surface area contributed by atoms with E-state index < -0.39 is 0 Å². The van der Waals surface area contributed by atoms with Crippen molar-refractivity contribution in [3.05, 3.63) is 11.0 Å². The second-order valence-corrected chi connectivity index (χ2v) is 5.69. The molecule has 0 aromatic rings. The molecular weight excluding hydrogens is 246 g/mol. The third kappa shape index (κ3) is 6.24. The normalized spacial score (nSPS) is 17.5. The van der Waals surface area contributed by atoms with Gasteiger partial charge in [0, 0.05) is 0 Å². The Balaban J connectivity index is 1.97. The fourth-order valence-corrected chi connectivity index (χ4v) is 2.66. The van der Waals surface area contributed by atoms with Gasteiger partial charge in [0.25, 0.3) is 11.1 Å². The summed E-state index contributed by atoms with van der Waals surface area (Å²) in [5.74, 6) is -0.232. The molecule has 1 aliphatic rings. The van der Waals surface area contributed by atoms with Crippen LogP contribution < -0.4 is 5.32 Å². The van der Waals surface area contributed by atoms with Gasteiger partial charge in [0.1, 0.15) is 0 Å². The first-order valence-electron chi connectivity index (χ1n) is 6.97. The number of imide groups is 1. The van der Waals surface area contributed by atoms with Crippen LogP contribution in [0, 0.1) is 0 Å². The minimum absolute atomic E-state index is 0.232. The Hall–Kier alpha value is -0.770. The van der Waals surface area contributed by atoms with Crippen LogP contribution in [0.2, 0.25) is 0 Å². The van der Waals surface area contributed by atoms with Crippen LogP contribution in [0.25, 0.3) is 0 Å². The highest BCUT2D eigenvalue weighted by atomic mass is 32.2. The molecule has 18 heavy (non-hydrogen) atoms. The Morgan fingerprint density at radius 1 is 1.00 bits per heavy atom. The Morgan fingerprint density at radius 2 is 1.61 bits per heavy atom. The molecule has 0 aliphatic carbocycles. The first kappa shape index (κ1) is 15.3. The predicted octanol–water partition coefficient (Wildman–Crippen LogP) is 4.38. The maximum absolute atomic E-state index is 11.2. The van der Waals surface area contributed by atoms with Gasteiger partial charge in [-0.1, -0.05) is 57.9 Å². The molecule has 1 fully saturated rings. The summed E-state index contributed by atoms with van der Waals surface area (Å²) < 4.78 is 0. The van der Waals surface area contributed by atoms with Gasteiger partial charge in [-0.2, -0.15) is 0 Å². The summed E-state index contributed by atoms with van der Waals surface area (Å²) in [4.78, 5) is 22.7. The monoisotopic (exact) mass is 269 g/mol. The molecule has 0 bridgehead atoms. The van der Waals surface area contributed by atoms with Crippen molar-refractivity contribution in [3.8, 4) is 0 Å². The van der Waals surface area contributed by atoms with Crippen molar-refractivity contribution < 1.29 is 9.59 Å². The van der Waals surface area contributed by atoms with Crippen molar-refractivity contribution in [3.63, 3.8) is 0 Å². The fourth-order valence-electron chi connectivity index (χ4n) is 1.97. The second kappa shape index (κ2) is 9.20. The van der Waals surface area contributed by atoms with E-state index in [2.05, 4.69) is 12.2 Å². The molecule has 1 saturated heterocycles. The van der Waals surface area contributed by atoms with Crippen LogP contribution in [0.4, 0.5) is 4.79 Å². The predicted molar refractivity (Wildman–Crippen MR) is 76.4 cm³/mol. The van der Waals surface area contributed by atoms with E-state index in [0.29, 0.717) is 4.91 Å². The molecule has 1 N–H and O–H groups in total. The highest BCUT2D eigenvalue weighted by Crippen LogP contribution is 2.23. The molecule has 0 spiro atoms. The molecule has 0 radical (unpaired) electrons. The summed E-state index contributed by atoms with van der Waals surface area (Å²) in [6.45, 7) is 2.23. The van der Waals surface area contributed by atoms with Gasteiger partial charge in [-0.3, -0.25) is 14.9 Å². The van der Waals surface area contributed by atoms with E-state index in [4.69, 9.17) is 0 Å². The standard InChI is InChI=1S/C14H23NO2S/c1-2-3-4-5-6-7-8-9-10-11-12-13(16)15-14(17)18-12/h11H,2-10H2,1H3,(H,15,16,17)/b12-11-. The summed E-state index contributed by atoms with van der Waals surface area (Å²) in [5.41, 5.74) is 0. The van der Waals surface area contributed by atoms with Crippen molar-refractivity contribution in [2.24, 2.45) is 0 Å². The van der Waals surface area contributed by atoms with Crippen molar-refractivity contribution in [2.45, 2.75) is 64.7 Å². The van der Waals surface area contributed by atoms with Crippen molar-refractivity contribution >= 4 is 22.9 Å². The highest BCUT2D eigenvalue weighted by molar-refractivity contribution is 8.18. The summed E-state index contributed by atoms with van der Waals surface area (Å²) in [7, 11) is 0. The third-order valence-electron chi connectivity index (χ3n) is 3.03. The lowest BCUT2D eigenvalue weighted by Gasteiger charge is -2.00. The smallest absolute Gasteiger partial charge is 0.282 e. The van der Waals surface area contributed by atoms with Crippen LogP contribution in [-0.4, -0.2) is 11.1 Å². The maximum atomic E-state index is 11.2. The fraction of sp³-hybridized carbons (Fsp3) is 0.714. The lowest BCUT2D eigenvalue weighted by molar-refractivity contribution is -0.115. The number of amides is 2. The van der Waals surface area contributed by atoms with Crippen molar-refractivity contribution in [2.75, 3.05) is 0 Å². The number of nitrogens with one attached hydrogen (secondary N) is 1. The summed E-state index contributed by atoms with van der Waals surface area (Å²) in [5, 5.41) is 2.02. The molecule has 1 aliphatic heterocycles. The van der Waals surface area contributed by atoms with Crippen LogP contribution in [0.3, 0.4) is 0 Å². The van der Waals surface area contributed by atoms with Gasteiger partial charge in [-0.05, 0) is 24.6 Å². The first-order valence-corrected chi connectivity index (χ1v) is 7.79. The summed E-state index contributed by atoms with van der Waals surface area (Å²) >= 11 is 1.01. The SMILES string of the molecule is CCCCCCCCCC/C=C1\SC(=O)NC1=O. The number of hydrogen-bond donors (Lipinski definition) is 1. The van der Waals surface area contributed by atoms with E-state index >= 15 is 0 Å². The van der Waals surface area contributed by atoms with Crippen LogP contribution in [-0.2, 0) is 4.79 Å². The molecule has 0 saturated carbocycles. The Kier molecular flexibility index (Phi) is 7.81. The minimum atomic E-state index is -0.248. The Morgan fingerprint density at radius 3 is 2.17 bits per heavy atom. The number of allylic oxidation sites excluding steroid dienone is 1. The highest BCUT2D eigenvalue weighted by Gasteiger charge is 2.24. The lowest BCUT2D eigenvalue weighted by Crippen LogP contribution is -2.17. The van der Waals surface area contributed by atoms with Crippen LogP contribution >= 0.6 is 11.8 Å². The average molecular weight is 269 g/mol. The topological polar surface area (TPSA) is 46.2 Å². The quantitative estimate of drug-likeness (QED) is 0.499. The molecule has 1 rings (SSSR count). The Labute approximate surface area is 114 Å². The maximum Gasteiger partial charge on any atom is 0.290 e. The van der Waals surface area contributed by atoms with Gasteiger partial charge < -0.3 is 0 Å². The van der Waals surface area contributed by atoms with Gasteiger partial charge in [-0.25, -0.2) is 0 Å². The van der Waals surface area contributed by atoms with E-state index in [1.807, 2.05) is 6.08 Å². The van der Waals surface area contributed by atoms with Crippen LogP contribution in [0.5, 0.6) is 0 Å². The molecule has 0 aromatic heterocycles. The van der Waals surface area contributed by atoms with Gasteiger partial charge >= 0.3 is 0 Å². The average Bonchev–Trinajstić information content (AvgIpc) is 2.66. The molecule has 102 valence electrons. The van der Waals surface area contributed by atoms with E-state index in [1.165, 1.54) is 44.9 Å². The van der Waals surface area contributed by atoms with Gasteiger partial charge in [0.15, 0.2) is 0 Å². The molecular formula is C14H23NO2S. The molecule has 3 nitrogen and oxygen atoms in total. The second-order valence-electron chi connectivity index (χ2n) is 4.68. The molecule has 4 heteroatoms. The zero-order chi connectivity index (χ0) is 13.2. The van der Waals surface area contributed by atoms with Crippen molar-refractivity contribution in [1.82, 2.24) is 5.32 Å². The van der Waals surface area contributed by atoms with E-state index in [-0.39, 0.29) is 11.1 Å². The lowest BCUT2D eigenvalue weighted by atomic mass is 10.1. The van der Waals surface area contributed by atoms with Crippen LogP contribution in [0.1, 0.15) is 64.7 Å². The van der Waals surface area contributed by atoms with Crippen molar-refractivity contribution in [1.29, 1.82) is 0 Å². The van der Waals surface area contributed by atoms with E-state index in [1.54, 1.807) is 0 Å². The number of unbranched alkanes of at least 4 members (excludes halogenated alkanes) is 8. The van der Waals surface area contributed by atoms with E-state index in [9.17, 15) is 9.59 Å². The van der Waals surface area contributed by atoms with Crippen LogP contribution in [0.15, 0.2) is 11.0 Å². The molecule has 0 aromatic carbocycles. The minimum Gasteiger partial charge on any atom is -0.282 e. The van der Waals surface area contributed by atoms with Gasteiger partial charge in [0.05, 0.1) is 4.91 Å². The first-order chi connectivity index (χ1) is 8.74. The van der Waals surface area contributed by atoms with Gasteiger partial charge in [0.2, 0.25) is 0 Å². The summed E-state index contributed by atoms with van der Waals surface area (Å²) in [6.07, 6.45) is 13.1. The molecule has 1 heterocycles. The molecule has 0 unspecified atom stereocenters. The number of carbonyl (C=O) groups excluding carboxylic acids is 2. The zero-order valence-electron chi connectivity index (χ0n) is 11.2. The molecule has 2 amide bonds. The summed E-state index contributed by atoms with van der Waals surface area (Å²) in [6, 6.07) is 0. The Bertz CT molecular complexity index is 313. The number of thioether (sulfide) groups is 1. The number of rotatable bonds is 9. The third-order valence-corrected chi connectivity index (χ3v) is 3.89. The van der Waals surface area contributed by atoms with E-state index in [0.717, 1.165) is 24.6 Å². The number of hydrogen-bond acceptors (Lipinski definition) is 3. The van der Waals surface area contributed by atoms with Gasteiger partial charge in [-0.15, -0.1) is 0 Å². The number of carbonyl (C=O) groups is 2. The largest absolute Gasteiger partial charge is 0.290 e. The zero-order valence-corrected chi connectivity index (χ0v) is 12.0. The molecule has 0 atom stereocenters.